The second-order valence-corrected chi connectivity index (χ2v) is 9.89. The summed E-state index contributed by atoms with van der Waals surface area (Å²) in [6, 6.07) is 7.10. The number of likely N-dealkylation sites (N-methyl/N-ethyl adjacent to an activating group) is 2. The Hall–Kier alpha value is -2.08. The number of benzene rings is 1. The standard InChI is InChI=1S/C23H34N4O2/c1-26(2)7-8-27(3)21(28)19-5-4-6-20(12-19)24-22(29)25-23-13-16-9-17(14-23)11-18(10-16)15-23/h4-6,12,16-18H,7-11,13-15H2,1-3H3,(H2,24,25,29). The predicted molar refractivity (Wildman–Crippen MR) is 115 cm³/mol. The zero-order valence-corrected chi connectivity index (χ0v) is 17.9. The molecule has 2 N–H and O–H groups in total. The Morgan fingerprint density at radius 3 is 2.21 bits per heavy atom. The summed E-state index contributed by atoms with van der Waals surface area (Å²) in [7, 11) is 5.79. The fraction of sp³-hybridized carbons (Fsp3) is 0.652. The Kier molecular flexibility index (Phi) is 5.56. The van der Waals surface area contributed by atoms with E-state index < -0.39 is 0 Å². The minimum absolute atomic E-state index is 0.0152. The molecule has 0 aromatic heterocycles. The van der Waals surface area contributed by atoms with Gasteiger partial charge in [0.1, 0.15) is 0 Å². The molecule has 0 unspecified atom stereocenters. The minimum Gasteiger partial charge on any atom is -0.340 e. The van der Waals surface area contributed by atoms with Crippen molar-refractivity contribution in [2.45, 2.75) is 44.1 Å². The molecule has 29 heavy (non-hydrogen) atoms. The minimum atomic E-state index is -0.141. The lowest BCUT2D eigenvalue weighted by Gasteiger charge is -2.56. The molecule has 0 radical (unpaired) electrons. The Morgan fingerprint density at radius 1 is 1.00 bits per heavy atom. The van der Waals surface area contributed by atoms with E-state index in [9.17, 15) is 9.59 Å². The first-order valence-electron chi connectivity index (χ1n) is 10.9. The Bertz CT molecular complexity index is 741. The zero-order valence-electron chi connectivity index (χ0n) is 17.9. The number of hydrogen-bond donors (Lipinski definition) is 2. The molecule has 1 aromatic carbocycles. The largest absolute Gasteiger partial charge is 0.340 e. The molecule has 4 aliphatic carbocycles. The number of hydrogen-bond acceptors (Lipinski definition) is 3. The number of carbonyl (C=O) groups is 2. The third-order valence-electron chi connectivity index (χ3n) is 7.01. The van der Waals surface area contributed by atoms with Crippen LogP contribution in [-0.2, 0) is 0 Å². The molecule has 3 amide bonds. The maximum atomic E-state index is 12.8. The molecular weight excluding hydrogens is 364 g/mol. The third kappa shape index (κ3) is 4.58. The normalized spacial score (nSPS) is 29.7. The van der Waals surface area contributed by atoms with E-state index in [1.54, 1.807) is 17.0 Å². The van der Waals surface area contributed by atoms with Crippen LogP contribution in [0.1, 0.15) is 48.9 Å². The fourth-order valence-electron chi connectivity index (χ4n) is 6.07. The maximum absolute atomic E-state index is 12.8. The van der Waals surface area contributed by atoms with Crippen LogP contribution in [0.2, 0.25) is 0 Å². The van der Waals surface area contributed by atoms with Gasteiger partial charge >= 0.3 is 6.03 Å². The smallest absolute Gasteiger partial charge is 0.319 e. The van der Waals surface area contributed by atoms with Gasteiger partial charge in [-0.1, -0.05) is 6.07 Å². The SMILES string of the molecule is CN(C)CCN(C)C(=O)c1cccc(NC(=O)NC23CC4CC(CC(C4)C2)C3)c1. The van der Waals surface area contributed by atoms with Crippen molar-refractivity contribution in [3.8, 4) is 0 Å². The number of nitrogens with zero attached hydrogens (tertiary/aromatic N) is 2. The highest BCUT2D eigenvalue weighted by Gasteiger charge is 2.51. The molecule has 0 aliphatic heterocycles. The van der Waals surface area contributed by atoms with E-state index in [4.69, 9.17) is 0 Å². The average Bonchev–Trinajstić information content (AvgIpc) is 2.64. The summed E-state index contributed by atoms with van der Waals surface area (Å²) in [5.74, 6) is 2.34. The third-order valence-corrected chi connectivity index (χ3v) is 7.01. The van der Waals surface area contributed by atoms with Crippen LogP contribution in [0.5, 0.6) is 0 Å². The number of rotatable bonds is 6. The molecule has 0 saturated heterocycles. The first kappa shape index (κ1) is 20.2. The van der Waals surface area contributed by atoms with E-state index in [-0.39, 0.29) is 17.5 Å². The van der Waals surface area contributed by atoms with Gasteiger partial charge in [-0.05, 0) is 88.6 Å². The fourth-order valence-corrected chi connectivity index (χ4v) is 6.07. The first-order valence-corrected chi connectivity index (χ1v) is 10.9. The van der Waals surface area contributed by atoms with Gasteiger partial charge < -0.3 is 20.4 Å². The van der Waals surface area contributed by atoms with Crippen LogP contribution in [0, 0.1) is 17.8 Å². The summed E-state index contributed by atoms with van der Waals surface area (Å²) in [4.78, 5) is 29.2. The van der Waals surface area contributed by atoms with Gasteiger partial charge in [-0.25, -0.2) is 4.79 Å². The van der Waals surface area contributed by atoms with Crippen LogP contribution < -0.4 is 10.6 Å². The number of nitrogens with one attached hydrogen (secondary N) is 2. The summed E-state index contributed by atoms with van der Waals surface area (Å²) in [5, 5.41) is 6.30. The molecule has 0 spiro atoms. The lowest BCUT2D eigenvalue weighted by molar-refractivity contribution is -0.0127. The summed E-state index contributed by atoms with van der Waals surface area (Å²) in [6.45, 7) is 1.48. The van der Waals surface area contributed by atoms with Gasteiger partial charge in [0.15, 0.2) is 0 Å². The van der Waals surface area contributed by atoms with Crippen molar-refractivity contribution in [2.24, 2.45) is 17.8 Å². The predicted octanol–water partition coefficient (Wildman–Crippen LogP) is 3.41. The highest BCUT2D eigenvalue weighted by molar-refractivity contribution is 5.96. The van der Waals surface area contributed by atoms with Crippen molar-refractivity contribution in [1.29, 1.82) is 0 Å². The Labute approximate surface area is 174 Å². The first-order chi connectivity index (χ1) is 13.8. The van der Waals surface area contributed by atoms with E-state index in [0.717, 1.165) is 43.6 Å². The Balaban J connectivity index is 1.37. The van der Waals surface area contributed by atoms with Crippen molar-refractivity contribution in [1.82, 2.24) is 15.1 Å². The molecule has 4 bridgehead atoms. The van der Waals surface area contributed by atoms with E-state index in [1.807, 2.05) is 33.3 Å². The molecule has 1 aromatic rings. The lowest BCUT2D eigenvalue weighted by Crippen LogP contribution is -2.60. The van der Waals surface area contributed by atoms with Gasteiger partial charge in [0.25, 0.3) is 5.91 Å². The van der Waals surface area contributed by atoms with Gasteiger partial charge in [-0.3, -0.25) is 4.79 Å². The average molecular weight is 399 g/mol. The van der Waals surface area contributed by atoms with E-state index in [2.05, 4.69) is 15.5 Å². The number of amides is 3. The van der Waals surface area contributed by atoms with Crippen molar-refractivity contribution in [2.75, 3.05) is 39.5 Å². The molecule has 6 heteroatoms. The summed E-state index contributed by atoms with van der Waals surface area (Å²) >= 11 is 0. The second-order valence-electron chi connectivity index (χ2n) is 9.89. The molecule has 0 heterocycles. The number of anilines is 1. The van der Waals surface area contributed by atoms with Crippen molar-refractivity contribution in [3.63, 3.8) is 0 Å². The zero-order chi connectivity index (χ0) is 20.6. The summed E-state index contributed by atoms with van der Waals surface area (Å²) < 4.78 is 0. The number of urea groups is 1. The molecule has 6 nitrogen and oxygen atoms in total. The van der Waals surface area contributed by atoms with Crippen LogP contribution in [-0.4, -0.2) is 61.5 Å². The summed E-state index contributed by atoms with van der Waals surface area (Å²) in [5.41, 5.74) is 1.25. The van der Waals surface area contributed by atoms with E-state index >= 15 is 0 Å². The molecule has 4 aliphatic rings. The van der Waals surface area contributed by atoms with Crippen LogP contribution >= 0.6 is 0 Å². The topological polar surface area (TPSA) is 64.7 Å². The molecule has 158 valence electrons. The van der Waals surface area contributed by atoms with E-state index in [1.165, 1.54) is 19.3 Å². The highest BCUT2D eigenvalue weighted by atomic mass is 16.2. The maximum Gasteiger partial charge on any atom is 0.319 e. The number of carbonyl (C=O) groups excluding carboxylic acids is 2. The van der Waals surface area contributed by atoms with Crippen molar-refractivity contribution < 1.29 is 9.59 Å². The van der Waals surface area contributed by atoms with E-state index in [0.29, 0.717) is 17.8 Å². The molecule has 0 atom stereocenters. The molecule has 5 rings (SSSR count). The lowest BCUT2D eigenvalue weighted by atomic mass is 9.53. The van der Waals surface area contributed by atoms with Gasteiger partial charge in [-0.2, -0.15) is 0 Å². The van der Waals surface area contributed by atoms with Crippen LogP contribution in [0.25, 0.3) is 0 Å². The van der Waals surface area contributed by atoms with Gasteiger partial charge in [0.2, 0.25) is 0 Å². The van der Waals surface area contributed by atoms with Crippen LogP contribution in [0.15, 0.2) is 24.3 Å². The molecular formula is C23H34N4O2. The van der Waals surface area contributed by atoms with Gasteiger partial charge in [-0.15, -0.1) is 0 Å². The monoisotopic (exact) mass is 398 g/mol. The molecule has 4 saturated carbocycles. The van der Waals surface area contributed by atoms with Crippen LogP contribution in [0.3, 0.4) is 0 Å². The van der Waals surface area contributed by atoms with Crippen molar-refractivity contribution in [3.05, 3.63) is 29.8 Å². The summed E-state index contributed by atoms with van der Waals surface area (Å²) in [6.07, 6.45) is 7.45. The van der Waals surface area contributed by atoms with Gasteiger partial charge in [0, 0.05) is 36.9 Å². The van der Waals surface area contributed by atoms with Gasteiger partial charge in [0.05, 0.1) is 0 Å². The Morgan fingerprint density at radius 2 is 1.62 bits per heavy atom. The van der Waals surface area contributed by atoms with Crippen LogP contribution in [0.4, 0.5) is 10.5 Å². The highest BCUT2D eigenvalue weighted by Crippen LogP contribution is 2.55. The quantitative estimate of drug-likeness (QED) is 0.772. The van der Waals surface area contributed by atoms with Crippen molar-refractivity contribution >= 4 is 17.6 Å². The second kappa shape index (κ2) is 7.98. The molecule has 4 fully saturated rings.